The van der Waals surface area contributed by atoms with E-state index >= 15 is 0 Å². The Hall–Kier alpha value is -5.70. The van der Waals surface area contributed by atoms with Crippen LogP contribution in [0.15, 0.2) is 76.9 Å². The quantitative estimate of drug-likeness (QED) is 0.0792. The molecule has 2 unspecified atom stereocenters. The van der Waals surface area contributed by atoms with Crippen LogP contribution < -0.4 is 20.3 Å². The van der Waals surface area contributed by atoms with Crippen LogP contribution in [0.25, 0.3) is 10.4 Å². The summed E-state index contributed by atoms with van der Waals surface area (Å²) in [4.78, 5) is 56.4. The number of nitrogens with one attached hydrogen (secondary N) is 2. The molecule has 1 saturated carbocycles. The van der Waals surface area contributed by atoms with E-state index in [0.29, 0.717) is 53.6 Å². The highest BCUT2D eigenvalue weighted by Gasteiger charge is 2.64. The van der Waals surface area contributed by atoms with E-state index in [-0.39, 0.29) is 46.7 Å². The minimum Gasteiger partial charge on any atom is -0.489 e. The zero-order chi connectivity index (χ0) is 49.2. The molecule has 17 heteroatoms. The van der Waals surface area contributed by atoms with Gasteiger partial charge in [0.1, 0.15) is 35.8 Å². The standard InChI is InChI=1S/C52H62ClN9O6S/c1-31(27-62-28-39(64)23-43(62)48(66)57-32(2)34-8-10-35(11-9-34)46-33(3)56-30-69-46)41(29-63)44-22-38(59-68-44)16-17-60-18-20-61(21-19-60)45-15-13-37(26-55-45)47(65)58-49-51(4,5)50(52(49,6)7)67-40-14-12-36(25-54)42(53)24-40/h8-15,22,24,26,29-32,39,41,43,49-50,64H,16-21,23,27-28H2,1-7H3,(H,57,66)(H,58,65)/t31?,32-,39+,41?,43-,49-,50-/m0/s1. The van der Waals surface area contributed by atoms with E-state index in [1.54, 1.807) is 35.7 Å². The number of pyridine rings is 1. The largest absolute Gasteiger partial charge is 0.489 e. The molecule has 2 amide bonds. The SMILES string of the molecule is Cc1ncsc1-c1ccc([C@H](C)NC(=O)[C@@H]2C[C@@H](O)CN2CC(C)C(C=O)c2cc(CCN3CCN(c4ccc(C(=O)N[C@H]5C(C)(C)[C@H](Oc6ccc(C#N)c(Cl)c6)C5(C)C)cn4)CC3)no2)cc1. The lowest BCUT2D eigenvalue weighted by Gasteiger charge is -2.63. The van der Waals surface area contributed by atoms with E-state index in [4.69, 9.17) is 20.9 Å². The highest BCUT2D eigenvalue weighted by Crippen LogP contribution is 2.55. The first kappa shape index (κ1) is 49.7. The molecule has 3 N–H and O–H groups in total. The summed E-state index contributed by atoms with van der Waals surface area (Å²) in [5.74, 6) is 0.782. The molecule has 2 aliphatic heterocycles. The van der Waals surface area contributed by atoms with Crippen molar-refractivity contribution in [3.8, 4) is 22.3 Å². The molecular weight excluding hydrogens is 914 g/mol. The van der Waals surface area contributed by atoms with Crippen LogP contribution in [0.2, 0.25) is 5.02 Å². The number of carbonyl (C=O) groups excluding carboxylic acids is 3. The van der Waals surface area contributed by atoms with Crippen molar-refractivity contribution in [2.75, 3.05) is 50.7 Å². The van der Waals surface area contributed by atoms with Crippen molar-refractivity contribution in [2.24, 2.45) is 16.7 Å². The Balaban J connectivity index is 0.777. The number of benzene rings is 2. The molecule has 69 heavy (non-hydrogen) atoms. The van der Waals surface area contributed by atoms with Crippen LogP contribution in [0.3, 0.4) is 0 Å². The van der Waals surface area contributed by atoms with E-state index in [0.717, 1.165) is 72.2 Å². The average Bonchev–Trinajstić information content (AvgIpc) is 4.09. The average molecular weight is 977 g/mol. The number of β-amino-alcohol motifs (C(OH)–C–C–N with tert-alkyl or cyclic N) is 1. The van der Waals surface area contributed by atoms with Gasteiger partial charge >= 0.3 is 0 Å². The second-order valence-corrected chi connectivity index (χ2v) is 21.4. The maximum Gasteiger partial charge on any atom is 0.253 e. The Morgan fingerprint density at radius 2 is 1.78 bits per heavy atom. The number of nitrogens with zero attached hydrogens (tertiary/aromatic N) is 7. The van der Waals surface area contributed by atoms with Gasteiger partial charge in [0, 0.05) is 87.4 Å². The number of carbonyl (C=O) groups is 3. The molecule has 0 spiro atoms. The molecule has 364 valence electrons. The molecule has 5 atom stereocenters. The third kappa shape index (κ3) is 10.7. The fraction of sp³-hybridized carbons (Fsp3) is 0.481. The number of halogens is 1. The Morgan fingerprint density at radius 3 is 2.42 bits per heavy atom. The van der Waals surface area contributed by atoms with E-state index in [1.165, 1.54) is 0 Å². The Labute approximate surface area is 413 Å². The van der Waals surface area contributed by atoms with Crippen molar-refractivity contribution in [3.63, 3.8) is 0 Å². The number of aromatic nitrogens is 3. The van der Waals surface area contributed by atoms with Crippen LogP contribution >= 0.6 is 22.9 Å². The molecular formula is C52H62ClN9O6S. The third-order valence-electron chi connectivity index (χ3n) is 14.5. The fourth-order valence-corrected chi connectivity index (χ4v) is 11.8. The first-order valence-electron chi connectivity index (χ1n) is 23.7. The fourth-order valence-electron chi connectivity index (χ4n) is 10.8. The van der Waals surface area contributed by atoms with Gasteiger partial charge in [-0.1, -0.05) is 75.6 Å². The van der Waals surface area contributed by atoms with Crippen LogP contribution in [0.5, 0.6) is 5.75 Å². The van der Waals surface area contributed by atoms with E-state index in [9.17, 15) is 24.8 Å². The number of hydrogen-bond acceptors (Lipinski definition) is 14. The number of ether oxygens (including phenoxy) is 1. The van der Waals surface area contributed by atoms with Gasteiger partial charge in [0.2, 0.25) is 5.91 Å². The number of piperazine rings is 1. The predicted octanol–water partition coefficient (Wildman–Crippen LogP) is 7.23. The number of likely N-dealkylation sites (tertiary alicyclic amines) is 1. The zero-order valence-corrected chi connectivity index (χ0v) is 41.9. The summed E-state index contributed by atoms with van der Waals surface area (Å²) in [6.45, 7) is 18.9. The number of aliphatic hydroxyl groups is 1. The van der Waals surface area contributed by atoms with Crippen molar-refractivity contribution in [1.82, 2.24) is 35.6 Å². The van der Waals surface area contributed by atoms with Gasteiger partial charge in [-0.3, -0.25) is 19.4 Å². The summed E-state index contributed by atoms with van der Waals surface area (Å²) in [6.07, 6.45) is 2.65. The van der Waals surface area contributed by atoms with E-state index < -0.39 is 18.1 Å². The maximum atomic E-state index is 13.6. The minimum atomic E-state index is -0.645. The number of aliphatic hydroxyl groups excluding tert-OH is 1. The molecule has 2 saturated heterocycles. The minimum absolute atomic E-state index is 0.151. The molecule has 5 heterocycles. The molecule has 5 aromatic rings. The Kier molecular flexibility index (Phi) is 14.9. The normalized spacial score (nSPS) is 22.5. The summed E-state index contributed by atoms with van der Waals surface area (Å²) < 4.78 is 12.1. The summed E-state index contributed by atoms with van der Waals surface area (Å²) in [6, 6.07) is 19.9. The summed E-state index contributed by atoms with van der Waals surface area (Å²) in [5.41, 5.74) is 5.78. The predicted molar refractivity (Wildman–Crippen MR) is 265 cm³/mol. The Bertz CT molecular complexity index is 2640. The van der Waals surface area contributed by atoms with Gasteiger partial charge < -0.3 is 34.7 Å². The molecule has 3 fully saturated rings. The van der Waals surface area contributed by atoms with E-state index in [1.807, 2.05) is 61.5 Å². The topological polar surface area (TPSA) is 190 Å². The van der Waals surface area contributed by atoms with Crippen LogP contribution in [0.1, 0.15) is 98.6 Å². The van der Waals surface area contributed by atoms with Crippen molar-refractivity contribution in [1.29, 1.82) is 5.26 Å². The number of aryl methyl sites for hydroxylation is 1. The van der Waals surface area contributed by atoms with Crippen molar-refractivity contribution in [2.45, 2.75) is 97.6 Å². The first-order valence-corrected chi connectivity index (χ1v) is 25.0. The third-order valence-corrected chi connectivity index (χ3v) is 15.8. The second-order valence-electron chi connectivity index (χ2n) is 20.1. The molecule has 8 rings (SSSR count). The molecule has 0 radical (unpaired) electrons. The zero-order valence-electron chi connectivity index (χ0n) is 40.3. The number of thiazole rings is 1. The number of anilines is 1. The molecule has 0 bridgehead atoms. The number of nitriles is 1. The number of amides is 2. The van der Waals surface area contributed by atoms with Crippen LogP contribution in [0.4, 0.5) is 5.82 Å². The molecule has 3 aliphatic rings. The van der Waals surface area contributed by atoms with Gasteiger partial charge in [0.15, 0.2) is 0 Å². The van der Waals surface area contributed by atoms with Crippen molar-refractivity contribution < 1.29 is 28.8 Å². The molecule has 3 aromatic heterocycles. The van der Waals surface area contributed by atoms with Crippen LogP contribution in [-0.2, 0) is 16.0 Å². The number of hydrogen-bond donors (Lipinski definition) is 3. The van der Waals surface area contributed by atoms with Gasteiger partial charge in [0.05, 0.1) is 62.0 Å². The lowest BCUT2D eigenvalue weighted by Crippen LogP contribution is -2.74. The highest BCUT2D eigenvalue weighted by molar-refractivity contribution is 7.13. The van der Waals surface area contributed by atoms with Gasteiger partial charge in [0.25, 0.3) is 5.91 Å². The van der Waals surface area contributed by atoms with Crippen LogP contribution in [-0.4, -0.2) is 118 Å². The smallest absolute Gasteiger partial charge is 0.253 e. The monoisotopic (exact) mass is 975 g/mol. The lowest BCUT2D eigenvalue weighted by atomic mass is 9.49. The van der Waals surface area contributed by atoms with Gasteiger partial charge in [-0.25, -0.2) is 9.97 Å². The Morgan fingerprint density at radius 1 is 1.04 bits per heavy atom. The van der Waals surface area contributed by atoms with Gasteiger partial charge in [-0.2, -0.15) is 5.26 Å². The van der Waals surface area contributed by atoms with Crippen molar-refractivity contribution in [3.05, 3.63) is 111 Å². The first-order chi connectivity index (χ1) is 33.0. The van der Waals surface area contributed by atoms with Gasteiger partial charge in [-0.05, 0) is 61.6 Å². The molecule has 2 aromatic carbocycles. The van der Waals surface area contributed by atoms with E-state index in [2.05, 4.69) is 81.5 Å². The number of aldehydes is 1. The summed E-state index contributed by atoms with van der Waals surface area (Å²) in [7, 11) is 0. The second kappa shape index (κ2) is 20.7. The molecule has 1 aliphatic carbocycles. The van der Waals surface area contributed by atoms with Gasteiger partial charge in [-0.15, -0.1) is 11.3 Å². The highest BCUT2D eigenvalue weighted by atomic mass is 35.5. The summed E-state index contributed by atoms with van der Waals surface area (Å²) >= 11 is 7.86. The lowest BCUT2D eigenvalue weighted by molar-refractivity contribution is -0.164. The summed E-state index contributed by atoms with van der Waals surface area (Å²) in [5, 5.41) is 31.0. The number of rotatable bonds is 17. The van der Waals surface area contributed by atoms with Crippen LogP contribution in [0, 0.1) is 35.0 Å². The maximum absolute atomic E-state index is 13.6. The molecule has 15 nitrogen and oxygen atoms in total. The van der Waals surface area contributed by atoms with Crippen molar-refractivity contribution >= 4 is 46.9 Å².